The monoisotopic (exact) mass is 174 g/mol. The minimum Gasteiger partial charge on any atom is -0.393 e. The lowest BCUT2D eigenvalue weighted by molar-refractivity contribution is -0.119. The lowest BCUT2D eigenvalue weighted by atomic mass is 10.1. The summed E-state index contributed by atoms with van der Waals surface area (Å²) in [6.45, 7) is 3.98. The molecule has 4 nitrogen and oxygen atoms in total. The topological polar surface area (TPSA) is 61.4 Å². The number of hydrogen-bond donors (Lipinski definition) is 3. The summed E-state index contributed by atoms with van der Waals surface area (Å²) < 4.78 is 0. The van der Waals surface area contributed by atoms with Gasteiger partial charge in [0, 0.05) is 13.1 Å². The molecule has 3 N–H and O–H groups in total. The van der Waals surface area contributed by atoms with Crippen molar-refractivity contribution in [2.75, 3.05) is 13.6 Å². The van der Waals surface area contributed by atoms with Crippen LogP contribution in [0.1, 0.15) is 20.3 Å². The summed E-state index contributed by atoms with van der Waals surface area (Å²) in [7, 11) is 1.60. The van der Waals surface area contributed by atoms with E-state index in [2.05, 4.69) is 10.6 Å². The third-order valence-electron chi connectivity index (χ3n) is 1.58. The Morgan fingerprint density at radius 1 is 1.50 bits per heavy atom. The summed E-state index contributed by atoms with van der Waals surface area (Å²) >= 11 is 0. The summed E-state index contributed by atoms with van der Waals surface area (Å²) in [5.41, 5.74) is 0. The molecular formula is C8H18N2O2. The first kappa shape index (κ1) is 11.4. The van der Waals surface area contributed by atoms with Crippen molar-refractivity contribution in [3.8, 4) is 0 Å². The van der Waals surface area contributed by atoms with Gasteiger partial charge in [-0.2, -0.15) is 0 Å². The Labute approximate surface area is 73.3 Å². The standard InChI is InChI=1S/C8H18N2O2/c1-6(4-7(2)11)10-5-8(12)9-3/h6-7,10-11H,4-5H2,1-3H3,(H,9,12). The molecule has 2 atom stereocenters. The Morgan fingerprint density at radius 2 is 2.08 bits per heavy atom. The van der Waals surface area contributed by atoms with Crippen LogP contribution < -0.4 is 10.6 Å². The zero-order valence-electron chi connectivity index (χ0n) is 7.92. The van der Waals surface area contributed by atoms with Gasteiger partial charge in [-0.1, -0.05) is 0 Å². The molecule has 0 aromatic heterocycles. The zero-order valence-corrected chi connectivity index (χ0v) is 7.92. The molecule has 0 saturated carbocycles. The van der Waals surface area contributed by atoms with Gasteiger partial charge in [-0.25, -0.2) is 0 Å². The van der Waals surface area contributed by atoms with Crippen LogP contribution in [0.25, 0.3) is 0 Å². The molecular weight excluding hydrogens is 156 g/mol. The van der Waals surface area contributed by atoms with E-state index in [4.69, 9.17) is 5.11 Å². The first-order valence-electron chi connectivity index (χ1n) is 4.18. The Morgan fingerprint density at radius 3 is 2.50 bits per heavy atom. The fourth-order valence-corrected chi connectivity index (χ4v) is 0.950. The molecule has 0 aromatic rings. The van der Waals surface area contributed by atoms with E-state index >= 15 is 0 Å². The Kier molecular flexibility index (Phi) is 5.66. The normalized spacial score (nSPS) is 15.3. The number of nitrogens with one attached hydrogen (secondary N) is 2. The summed E-state index contributed by atoms with van der Waals surface area (Å²) in [5, 5.41) is 14.5. The number of aliphatic hydroxyl groups excluding tert-OH is 1. The molecule has 12 heavy (non-hydrogen) atoms. The number of amides is 1. The van der Waals surface area contributed by atoms with E-state index in [0.717, 1.165) is 0 Å². The number of rotatable bonds is 5. The molecule has 0 aliphatic carbocycles. The molecule has 72 valence electrons. The molecule has 0 aliphatic rings. The largest absolute Gasteiger partial charge is 0.393 e. The molecule has 0 heterocycles. The van der Waals surface area contributed by atoms with E-state index in [9.17, 15) is 4.79 Å². The van der Waals surface area contributed by atoms with E-state index in [1.54, 1.807) is 14.0 Å². The highest BCUT2D eigenvalue weighted by atomic mass is 16.3. The number of hydrogen-bond acceptors (Lipinski definition) is 3. The van der Waals surface area contributed by atoms with Crippen molar-refractivity contribution < 1.29 is 9.90 Å². The van der Waals surface area contributed by atoms with Crippen LogP contribution >= 0.6 is 0 Å². The van der Waals surface area contributed by atoms with Crippen LogP contribution in [0.15, 0.2) is 0 Å². The Balaban J connectivity index is 3.43. The maximum Gasteiger partial charge on any atom is 0.233 e. The van der Waals surface area contributed by atoms with Crippen LogP contribution in [0.4, 0.5) is 0 Å². The van der Waals surface area contributed by atoms with Crippen molar-refractivity contribution in [3.63, 3.8) is 0 Å². The van der Waals surface area contributed by atoms with E-state index in [-0.39, 0.29) is 18.1 Å². The molecule has 0 fully saturated rings. The van der Waals surface area contributed by atoms with Gasteiger partial charge >= 0.3 is 0 Å². The summed E-state index contributed by atoms with van der Waals surface area (Å²) in [5.74, 6) is -0.0348. The number of carbonyl (C=O) groups is 1. The lowest BCUT2D eigenvalue weighted by Crippen LogP contribution is -2.37. The second-order valence-corrected chi connectivity index (χ2v) is 3.04. The highest BCUT2D eigenvalue weighted by molar-refractivity contribution is 5.77. The third kappa shape index (κ3) is 6.12. The van der Waals surface area contributed by atoms with Gasteiger partial charge in [0.05, 0.1) is 12.6 Å². The van der Waals surface area contributed by atoms with Gasteiger partial charge in [-0.15, -0.1) is 0 Å². The van der Waals surface area contributed by atoms with Crippen LogP contribution in [0.5, 0.6) is 0 Å². The van der Waals surface area contributed by atoms with Gasteiger partial charge < -0.3 is 15.7 Å². The fraction of sp³-hybridized carbons (Fsp3) is 0.875. The number of aliphatic hydroxyl groups is 1. The van der Waals surface area contributed by atoms with Gasteiger partial charge in [0.2, 0.25) is 5.91 Å². The summed E-state index contributed by atoms with van der Waals surface area (Å²) in [4.78, 5) is 10.8. The highest BCUT2D eigenvalue weighted by Gasteiger charge is 2.06. The molecule has 0 bridgehead atoms. The fourth-order valence-electron chi connectivity index (χ4n) is 0.950. The summed E-state index contributed by atoms with van der Waals surface area (Å²) in [6, 6.07) is 0.169. The average molecular weight is 174 g/mol. The predicted molar refractivity (Wildman–Crippen MR) is 47.8 cm³/mol. The molecule has 0 spiro atoms. The smallest absolute Gasteiger partial charge is 0.233 e. The lowest BCUT2D eigenvalue weighted by Gasteiger charge is -2.14. The molecule has 0 saturated heterocycles. The van der Waals surface area contributed by atoms with E-state index < -0.39 is 0 Å². The first-order valence-corrected chi connectivity index (χ1v) is 4.18. The third-order valence-corrected chi connectivity index (χ3v) is 1.58. The predicted octanol–water partition coefficient (Wildman–Crippen LogP) is -0.519. The van der Waals surface area contributed by atoms with E-state index in [1.807, 2.05) is 6.92 Å². The van der Waals surface area contributed by atoms with Crippen LogP contribution in [-0.4, -0.2) is 36.8 Å². The van der Waals surface area contributed by atoms with Crippen LogP contribution in [0, 0.1) is 0 Å². The molecule has 4 heteroatoms. The van der Waals surface area contributed by atoms with Gasteiger partial charge in [0.15, 0.2) is 0 Å². The SMILES string of the molecule is CNC(=O)CNC(C)CC(C)O. The number of carbonyl (C=O) groups excluding carboxylic acids is 1. The average Bonchev–Trinajstić information content (AvgIpc) is 1.99. The van der Waals surface area contributed by atoms with Gasteiger partial charge in [-0.05, 0) is 20.3 Å². The van der Waals surface area contributed by atoms with E-state index in [0.29, 0.717) is 13.0 Å². The Bertz CT molecular complexity index is 137. The van der Waals surface area contributed by atoms with Crippen molar-refractivity contribution >= 4 is 5.91 Å². The van der Waals surface area contributed by atoms with Gasteiger partial charge in [0.1, 0.15) is 0 Å². The van der Waals surface area contributed by atoms with Crippen molar-refractivity contribution in [1.29, 1.82) is 0 Å². The van der Waals surface area contributed by atoms with Crippen LogP contribution in [0.3, 0.4) is 0 Å². The molecule has 0 rings (SSSR count). The minimum absolute atomic E-state index is 0.0348. The zero-order chi connectivity index (χ0) is 9.56. The highest BCUT2D eigenvalue weighted by Crippen LogP contribution is 1.95. The van der Waals surface area contributed by atoms with Crippen LogP contribution in [0.2, 0.25) is 0 Å². The molecule has 0 radical (unpaired) electrons. The molecule has 0 aromatic carbocycles. The summed E-state index contributed by atoms with van der Waals surface area (Å²) in [6.07, 6.45) is 0.342. The first-order chi connectivity index (χ1) is 5.56. The van der Waals surface area contributed by atoms with Crippen molar-refractivity contribution in [2.45, 2.75) is 32.4 Å². The van der Waals surface area contributed by atoms with E-state index in [1.165, 1.54) is 0 Å². The second kappa shape index (κ2) is 5.97. The van der Waals surface area contributed by atoms with Crippen LogP contribution in [-0.2, 0) is 4.79 Å². The van der Waals surface area contributed by atoms with Gasteiger partial charge in [-0.3, -0.25) is 4.79 Å². The quantitative estimate of drug-likeness (QED) is 0.525. The van der Waals surface area contributed by atoms with Crippen molar-refractivity contribution in [2.24, 2.45) is 0 Å². The minimum atomic E-state index is -0.322. The second-order valence-electron chi connectivity index (χ2n) is 3.04. The number of likely N-dealkylation sites (N-methyl/N-ethyl adjacent to an activating group) is 1. The molecule has 2 unspecified atom stereocenters. The Hall–Kier alpha value is -0.610. The van der Waals surface area contributed by atoms with Crippen molar-refractivity contribution in [3.05, 3.63) is 0 Å². The molecule has 0 aliphatic heterocycles. The van der Waals surface area contributed by atoms with Gasteiger partial charge in [0.25, 0.3) is 0 Å². The van der Waals surface area contributed by atoms with Crippen molar-refractivity contribution in [1.82, 2.24) is 10.6 Å². The maximum atomic E-state index is 10.8. The maximum absolute atomic E-state index is 10.8. The molecule has 1 amide bonds.